The molecule has 1 aliphatic rings. The SMILES string of the molecule is C[C@@H]1CNCCN1c1cc(CF)ncn1. The largest absolute Gasteiger partial charge is 0.351 e. The van der Waals surface area contributed by atoms with Crippen LogP contribution in [0.4, 0.5) is 10.2 Å². The fourth-order valence-corrected chi connectivity index (χ4v) is 1.80. The van der Waals surface area contributed by atoms with E-state index in [0.29, 0.717) is 11.7 Å². The molecule has 4 nitrogen and oxygen atoms in total. The number of nitrogens with zero attached hydrogens (tertiary/aromatic N) is 3. The second kappa shape index (κ2) is 4.53. The van der Waals surface area contributed by atoms with Crippen molar-refractivity contribution in [1.29, 1.82) is 0 Å². The highest BCUT2D eigenvalue weighted by Crippen LogP contribution is 2.15. The lowest BCUT2D eigenvalue weighted by Crippen LogP contribution is -2.50. The highest BCUT2D eigenvalue weighted by atomic mass is 19.1. The Kier molecular flexibility index (Phi) is 3.11. The van der Waals surface area contributed by atoms with E-state index in [-0.39, 0.29) is 0 Å². The summed E-state index contributed by atoms with van der Waals surface area (Å²) in [6, 6.07) is 2.11. The predicted molar refractivity (Wildman–Crippen MR) is 56.5 cm³/mol. The first-order chi connectivity index (χ1) is 7.31. The van der Waals surface area contributed by atoms with Gasteiger partial charge in [-0.05, 0) is 6.92 Å². The molecule has 1 aromatic heterocycles. The van der Waals surface area contributed by atoms with E-state index < -0.39 is 6.67 Å². The first-order valence-corrected chi connectivity index (χ1v) is 5.15. The topological polar surface area (TPSA) is 41.0 Å². The maximum absolute atomic E-state index is 12.4. The number of hydrogen-bond donors (Lipinski definition) is 1. The summed E-state index contributed by atoms with van der Waals surface area (Å²) in [7, 11) is 0. The average Bonchev–Trinajstić information content (AvgIpc) is 2.30. The molecule has 0 saturated carbocycles. The summed E-state index contributed by atoms with van der Waals surface area (Å²) < 4.78 is 12.4. The van der Waals surface area contributed by atoms with Crippen LogP contribution in [-0.4, -0.2) is 35.6 Å². The van der Waals surface area contributed by atoms with Gasteiger partial charge >= 0.3 is 0 Å². The van der Waals surface area contributed by atoms with Crippen molar-refractivity contribution in [3.8, 4) is 0 Å². The Morgan fingerprint density at radius 3 is 3.20 bits per heavy atom. The molecule has 0 radical (unpaired) electrons. The van der Waals surface area contributed by atoms with Gasteiger partial charge in [-0.2, -0.15) is 0 Å². The number of halogens is 1. The van der Waals surface area contributed by atoms with E-state index in [9.17, 15) is 4.39 Å². The smallest absolute Gasteiger partial charge is 0.132 e. The highest BCUT2D eigenvalue weighted by molar-refractivity contribution is 5.40. The zero-order valence-electron chi connectivity index (χ0n) is 8.78. The fraction of sp³-hybridized carbons (Fsp3) is 0.600. The molecule has 0 amide bonds. The van der Waals surface area contributed by atoms with Gasteiger partial charge in [0.15, 0.2) is 0 Å². The molecule has 1 aliphatic heterocycles. The van der Waals surface area contributed by atoms with Crippen molar-refractivity contribution in [2.75, 3.05) is 24.5 Å². The molecule has 0 unspecified atom stereocenters. The predicted octanol–water partition coefficient (Wildman–Crippen LogP) is 0.744. The van der Waals surface area contributed by atoms with Crippen LogP contribution in [0.5, 0.6) is 0 Å². The molecular formula is C10H15FN4. The van der Waals surface area contributed by atoms with Crippen molar-refractivity contribution in [1.82, 2.24) is 15.3 Å². The lowest BCUT2D eigenvalue weighted by atomic mass is 10.2. The molecule has 1 fully saturated rings. The van der Waals surface area contributed by atoms with Gasteiger partial charge in [-0.3, -0.25) is 0 Å². The summed E-state index contributed by atoms with van der Waals surface area (Å²) in [5.74, 6) is 0.826. The molecule has 82 valence electrons. The van der Waals surface area contributed by atoms with E-state index in [1.807, 2.05) is 0 Å². The second-order valence-electron chi connectivity index (χ2n) is 3.75. The number of rotatable bonds is 2. The first-order valence-electron chi connectivity index (χ1n) is 5.15. The number of nitrogens with one attached hydrogen (secondary N) is 1. The molecule has 2 heterocycles. The van der Waals surface area contributed by atoms with E-state index >= 15 is 0 Å². The van der Waals surface area contributed by atoms with Gasteiger partial charge in [0.25, 0.3) is 0 Å². The Hall–Kier alpha value is -1.23. The van der Waals surface area contributed by atoms with Crippen LogP contribution in [0.15, 0.2) is 12.4 Å². The monoisotopic (exact) mass is 210 g/mol. The van der Waals surface area contributed by atoms with Crippen molar-refractivity contribution >= 4 is 5.82 Å². The summed E-state index contributed by atoms with van der Waals surface area (Å²) in [5, 5.41) is 3.30. The Labute approximate surface area is 88.5 Å². The van der Waals surface area contributed by atoms with E-state index in [2.05, 4.69) is 27.1 Å². The van der Waals surface area contributed by atoms with E-state index in [1.165, 1.54) is 6.33 Å². The van der Waals surface area contributed by atoms with Crippen LogP contribution < -0.4 is 10.2 Å². The van der Waals surface area contributed by atoms with Gasteiger partial charge in [-0.25, -0.2) is 14.4 Å². The lowest BCUT2D eigenvalue weighted by molar-refractivity contribution is 0.472. The minimum atomic E-state index is -0.532. The molecule has 15 heavy (non-hydrogen) atoms. The van der Waals surface area contributed by atoms with Crippen LogP contribution >= 0.6 is 0 Å². The van der Waals surface area contributed by atoms with Gasteiger partial charge in [-0.15, -0.1) is 0 Å². The van der Waals surface area contributed by atoms with Crippen molar-refractivity contribution in [2.45, 2.75) is 19.6 Å². The number of aromatic nitrogens is 2. The molecule has 5 heteroatoms. The van der Waals surface area contributed by atoms with Crippen LogP contribution in [-0.2, 0) is 6.67 Å². The summed E-state index contributed by atoms with van der Waals surface area (Å²) in [4.78, 5) is 10.2. The maximum atomic E-state index is 12.4. The molecule has 0 aliphatic carbocycles. The molecule has 2 rings (SSSR count). The van der Waals surface area contributed by atoms with Crippen LogP contribution in [0.3, 0.4) is 0 Å². The Morgan fingerprint density at radius 1 is 1.60 bits per heavy atom. The minimum Gasteiger partial charge on any atom is -0.351 e. The molecule has 1 atom stereocenters. The number of hydrogen-bond acceptors (Lipinski definition) is 4. The quantitative estimate of drug-likeness (QED) is 0.782. The molecule has 1 aromatic rings. The third-order valence-corrected chi connectivity index (χ3v) is 2.64. The van der Waals surface area contributed by atoms with E-state index in [0.717, 1.165) is 25.5 Å². The summed E-state index contributed by atoms with van der Waals surface area (Å²) in [6.45, 7) is 4.39. The van der Waals surface area contributed by atoms with Crippen molar-refractivity contribution in [3.05, 3.63) is 18.1 Å². The standard InChI is InChI=1S/C10H15FN4/c1-8-6-12-2-3-15(8)10-4-9(5-11)13-7-14-10/h4,7-8,12H,2-3,5-6H2,1H3/t8-/m1/s1. The lowest BCUT2D eigenvalue weighted by Gasteiger charge is -2.34. The van der Waals surface area contributed by atoms with E-state index in [1.54, 1.807) is 6.07 Å². The Balaban J connectivity index is 2.19. The van der Waals surface area contributed by atoms with Crippen LogP contribution in [0.1, 0.15) is 12.6 Å². The Morgan fingerprint density at radius 2 is 2.47 bits per heavy atom. The minimum absolute atomic E-state index is 0.390. The van der Waals surface area contributed by atoms with Gasteiger partial charge in [0.05, 0.1) is 5.69 Å². The molecule has 0 spiro atoms. The summed E-state index contributed by atoms with van der Waals surface area (Å²) >= 11 is 0. The molecule has 1 saturated heterocycles. The van der Waals surface area contributed by atoms with E-state index in [4.69, 9.17) is 0 Å². The van der Waals surface area contributed by atoms with Crippen LogP contribution in [0, 0.1) is 0 Å². The first kappa shape index (κ1) is 10.3. The second-order valence-corrected chi connectivity index (χ2v) is 3.75. The van der Waals surface area contributed by atoms with Gasteiger partial charge in [0.2, 0.25) is 0 Å². The molecule has 1 N–H and O–H groups in total. The number of piperazine rings is 1. The van der Waals surface area contributed by atoms with Gasteiger partial charge < -0.3 is 10.2 Å². The molecule has 0 bridgehead atoms. The van der Waals surface area contributed by atoms with Gasteiger partial charge in [-0.1, -0.05) is 0 Å². The third kappa shape index (κ3) is 2.23. The van der Waals surface area contributed by atoms with Gasteiger partial charge in [0.1, 0.15) is 18.8 Å². The van der Waals surface area contributed by atoms with Crippen LogP contribution in [0.25, 0.3) is 0 Å². The molecule has 0 aromatic carbocycles. The Bertz CT molecular complexity index is 331. The third-order valence-electron chi connectivity index (χ3n) is 2.64. The highest BCUT2D eigenvalue weighted by Gasteiger charge is 2.19. The number of alkyl halides is 1. The maximum Gasteiger partial charge on any atom is 0.132 e. The van der Waals surface area contributed by atoms with Crippen molar-refractivity contribution in [3.63, 3.8) is 0 Å². The number of anilines is 1. The fourth-order valence-electron chi connectivity index (χ4n) is 1.80. The zero-order chi connectivity index (χ0) is 10.7. The van der Waals surface area contributed by atoms with Crippen LogP contribution in [0.2, 0.25) is 0 Å². The summed E-state index contributed by atoms with van der Waals surface area (Å²) in [6.07, 6.45) is 1.43. The summed E-state index contributed by atoms with van der Waals surface area (Å²) in [5.41, 5.74) is 0.450. The zero-order valence-corrected chi connectivity index (χ0v) is 8.78. The average molecular weight is 210 g/mol. The normalized spacial score (nSPS) is 21.7. The molecular weight excluding hydrogens is 195 g/mol. The van der Waals surface area contributed by atoms with Gasteiger partial charge in [0, 0.05) is 31.7 Å². The van der Waals surface area contributed by atoms with Crippen molar-refractivity contribution in [2.24, 2.45) is 0 Å². The van der Waals surface area contributed by atoms with Crippen molar-refractivity contribution < 1.29 is 4.39 Å².